The lowest BCUT2D eigenvalue weighted by Gasteiger charge is -2.38. The zero-order valence-electron chi connectivity index (χ0n) is 21.2. The standard InChI is InChI=1S/C26H27N9O4/c1-13(36)20-21(15-6-16-3-4-17(7-15)34(16)25(37)23-29-12-30-33-23)32-24-18(9-31-35(24)22(20)27)14-2-5-19(28-8-14)26(38)10-39-11-26/h2,5,8-9,12,15-17,38H,3-4,6-7,10-11,27H2,1H3,(H,29,30,33). The quantitative estimate of drug-likeness (QED) is 0.321. The number of fused-ring (bicyclic) bond motifs is 3. The van der Waals surface area contributed by atoms with Crippen molar-refractivity contribution in [2.75, 3.05) is 18.9 Å². The molecule has 3 aliphatic heterocycles. The second-order valence-electron chi connectivity index (χ2n) is 10.7. The fourth-order valence-electron chi connectivity index (χ4n) is 6.33. The molecule has 2 unspecified atom stereocenters. The number of piperidine rings is 1. The Labute approximate surface area is 222 Å². The predicted octanol–water partition coefficient (Wildman–Crippen LogP) is 1.46. The highest BCUT2D eigenvalue weighted by atomic mass is 16.5. The first kappa shape index (κ1) is 23.9. The Hall–Kier alpha value is -4.23. The molecule has 7 rings (SSSR count). The molecule has 4 N–H and O–H groups in total. The Morgan fingerprint density at radius 3 is 2.51 bits per heavy atom. The molecule has 2 bridgehead atoms. The Bertz CT molecular complexity index is 1580. The minimum atomic E-state index is -1.06. The number of H-pyrrole nitrogens is 1. The van der Waals surface area contributed by atoms with Crippen LogP contribution in [0.2, 0.25) is 0 Å². The third-order valence-corrected chi connectivity index (χ3v) is 8.27. The number of pyridine rings is 1. The van der Waals surface area contributed by atoms with Crippen molar-refractivity contribution in [3.63, 3.8) is 0 Å². The number of hydrogen-bond donors (Lipinski definition) is 3. The molecule has 1 amide bonds. The van der Waals surface area contributed by atoms with E-state index in [1.165, 1.54) is 17.8 Å². The van der Waals surface area contributed by atoms with E-state index in [1.807, 2.05) is 11.0 Å². The molecule has 3 aliphatic rings. The number of Topliss-reactive ketones (excluding diaryl/α,β-unsaturated/α-hetero) is 1. The maximum Gasteiger partial charge on any atom is 0.291 e. The number of amides is 1. The number of aromatic nitrogens is 7. The highest BCUT2D eigenvalue weighted by molar-refractivity contribution is 6.00. The van der Waals surface area contributed by atoms with Gasteiger partial charge in [-0.2, -0.15) is 14.7 Å². The first-order valence-electron chi connectivity index (χ1n) is 13.0. The van der Waals surface area contributed by atoms with Crippen LogP contribution < -0.4 is 5.73 Å². The highest BCUT2D eigenvalue weighted by Crippen LogP contribution is 2.45. The number of nitrogen functional groups attached to an aromatic ring is 1. The van der Waals surface area contributed by atoms with Gasteiger partial charge in [-0.15, -0.1) is 0 Å². The summed E-state index contributed by atoms with van der Waals surface area (Å²) in [4.78, 5) is 41.4. The highest BCUT2D eigenvalue weighted by Gasteiger charge is 2.46. The molecule has 0 radical (unpaired) electrons. The van der Waals surface area contributed by atoms with E-state index in [2.05, 4.69) is 25.3 Å². The fraction of sp³-hybridized carbons (Fsp3) is 0.423. The number of ether oxygens (including phenoxy) is 1. The molecule has 39 heavy (non-hydrogen) atoms. The van der Waals surface area contributed by atoms with Gasteiger partial charge in [0.25, 0.3) is 5.91 Å². The monoisotopic (exact) mass is 529 g/mol. The SMILES string of the molecule is CC(=O)c1c(C2CC3CCC(C2)N3C(=O)c2ncn[nH]2)nc2c(-c3ccc(C4(O)COC4)nc3)cnn2c1N. The lowest BCUT2D eigenvalue weighted by atomic mass is 9.85. The van der Waals surface area contributed by atoms with Crippen LogP contribution in [-0.2, 0) is 10.3 Å². The molecule has 0 aromatic carbocycles. The molecule has 2 atom stereocenters. The zero-order chi connectivity index (χ0) is 26.9. The van der Waals surface area contributed by atoms with Crippen LogP contribution in [0.1, 0.15) is 70.9 Å². The molecular formula is C26H27N9O4. The fourth-order valence-corrected chi connectivity index (χ4v) is 6.33. The zero-order valence-corrected chi connectivity index (χ0v) is 21.2. The number of nitrogens with two attached hydrogens (primary N) is 1. The van der Waals surface area contributed by atoms with Crippen LogP contribution in [-0.4, -0.2) is 81.8 Å². The molecule has 3 saturated heterocycles. The lowest BCUT2D eigenvalue weighted by molar-refractivity contribution is -0.186. The minimum Gasteiger partial charge on any atom is -0.383 e. The third-order valence-electron chi connectivity index (χ3n) is 8.27. The lowest BCUT2D eigenvalue weighted by Crippen LogP contribution is -2.47. The van der Waals surface area contributed by atoms with Crippen LogP contribution in [0, 0.1) is 0 Å². The molecule has 200 valence electrons. The molecule has 3 fully saturated rings. The average molecular weight is 530 g/mol. The van der Waals surface area contributed by atoms with Crippen molar-refractivity contribution >= 4 is 23.2 Å². The van der Waals surface area contributed by atoms with Crippen LogP contribution in [0.5, 0.6) is 0 Å². The largest absolute Gasteiger partial charge is 0.383 e. The van der Waals surface area contributed by atoms with Gasteiger partial charge < -0.3 is 20.5 Å². The van der Waals surface area contributed by atoms with Crippen molar-refractivity contribution in [3.05, 3.63) is 53.6 Å². The number of nitrogens with one attached hydrogen (secondary N) is 1. The van der Waals surface area contributed by atoms with Gasteiger partial charge in [-0.25, -0.2) is 9.97 Å². The van der Waals surface area contributed by atoms with E-state index in [-0.39, 0.29) is 54.5 Å². The summed E-state index contributed by atoms with van der Waals surface area (Å²) in [5.41, 5.74) is 9.05. The van der Waals surface area contributed by atoms with Crippen molar-refractivity contribution in [2.24, 2.45) is 0 Å². The number of aliphatic hydroxyl groups is 1. The molecule has 4 aromatic rings. The Kier molecular flexibility index (Phi) is 5.29. The van der Waals surface area contributed by atoms with Gasteiger partial charge >= 0.3 is 0 Å². The number of hydrogen-bond acceptors (Lipinski definition) is 10. The number of carbonyl (C=O) groups is 2. The molecular weight excluding hydrogens is 502 g/mol. The van der Waals surface area contributed by atoms with Gasteiger partial charge in [0.05, 0.1) is 36.4 Å². The van der Waals surface area contributed by atoms with Crippen LogP contribution in [0.4, 0.5) is 5.82 Å². The van der Waals surface area contributed by atoms with Gasteiger partial charge in [0.2, 0.25) is 5.82 Å². The first-order valence-corrected chi connectivity index (χ1v) is 13.0. The smallest absolute Gasteiger partial charge is 0.291 e. The maximum absolute atomic E-state index is 13.1. The van der Waals surface area contributed by atoms with E-state index in [9.17, 15) is 14.7 Å². The molecule has 13 nitrogen and oxygen atoms in total. The molecule has 0 spiro atoms. The third kappa shape index (κ3) is 3.64. The Balaban J connectivity index is 1.26. The first-order chi connectivity index (χ1) is 18.8. The van der Waals surface area contributed by atoms with Gasteiger partial charge in [-0.3, -0.25) is 19.7 Å². The van der Waals surface area contributed by atoms with Gasteiger partial charge in [0.15, 0.2) is 17.0 Å². The summed E-state index contributed by atoms with van der Waals surface area (Å²) in [6.45, 7) is 1.92. The Morgan fingerprint density at radius 2 is 1.92 bits per heavy atom. The second kappa shape index (κ2) is 8.64. The van der Waals surface area contributed by atoms with Crippen LogP contribution in [0.25, 0.3) is 16.8 Å². The molecule has 4 aromatic heterocycles. The summed E-state index contributed by atoms with van der Waals surface area (Å²) >= 11 is 0. The number of rotatable bonds is 5. The summed E-state index contributed by atoms with van der Waals surface area (Å²) in [7, 11) is 0. The maximum atomic E-state index is 13.1. The number of anilines is 1. The van der Waals surface area contributed by atoms with Gasteiger partial charge in [0.1, 0.15) is 12.1 Å². The number of nitrogens with zero attached hydrogens (tertiary/aromatic N) is 7. The van der Waals surface area contributed by atoms with Crippen LogP contribution in [0.15, 0.2) is 30.9 Å². The van der Waals surface area contributed by atoms with E-state index in [1.54, 1.807) is 18.5 Å². The van der Waals surface area contributed by atoms with E-state index >= 15 is 0 Å². The van der Waals surface area contributed by atoms with Crippen molar-refractivity contribution < 1.29 is 19.4 Å². The summed E-state index contributed by atoms with van der Waals surface area (Å²) in [6.07, 6.45) is 7.75. The summed E-state index contributed by atoms with van der Waals surface area (Å²) in [6, 6.07) is 3.65. The summed E-state index contributed by atoms with van der Waals surface area (Å²) in [5.74, 6) is 0.0955. The van der Waals surface area contributed by atoms with Crippen molar-refractivity contribution in [1.29, 1.82) is 0 Å². The number of ketones is 1. The van der Waals surface area contributed by atoms with Gasteiger partial charge in [0, 0.05) is 35.3 Å². The van der Waals surface area contributed by atoms with Crippen LogP contribution >= 0.6 is 0 Å². The van der Waals surface area contributed by atoms with E-state index < -0.39 is 5.60 Å². The molecule has 0 aliphatic carbocycles. The minimum absolute atomic E-state index is 0.00724. The number of aromatic amines is 1. The van der Waals surface area contributed by atoms with E-state index in [0.717, 1.165) is 24.0 Å². The molecule has 0 saturated carbocycles. The average Bonchev–Trinajstić information content (AvgIpc) is 3.65. The normalized spacial score (nSPS) is 23.6. The van der Waals surface area contributed by atoms with Crippen molar-refractivity contribution in [2.45, 2.75) is 56.2 Å². The number of carbonyl (C=O) groups excluding carboxylic acids is 2. The summed E-state index contributed by atoms with van der Waals surface area (Å²) in [5, 5.41) is 21.5. The van der Waals surface area contributed by atoms with Gasteiger partial charge in [-0.05, 0) is 38.7 Å². The van der Waals surface area contributed by atoms with Crippen molar-refractivity contribution in [3.8, 4) is 11.1 Å². The van der Waals surface area contributed by atoms with Crippen molar-refractivity contribution in [1.82, 2.24) is 39.7 Å². The molecule has 7 heterocycles. The Morgan fingerprint density at radius 1 is 1.15 bits per heavy atom. The topological polar surface area (TPSA) is 178 Å². The summed E-state index contributed by atoms with van der Waals surface area (Å²) < 4.78 is 6.63. The van der Waals surface area contributed by atoms with E-state index in [4.69, 9.17) is 15.5 Å². The predicted molar refractivity (Wildman–Crippen MR) is 137 cm³/mol. The van der Waals surface area contributed by atoms with E-state index in [0.29, 0.717) is 35.4 Å². The molecule has 13 heteroatoms. The van der Waals surface area contributed by atoms with Crippen LogP contribution in [0.3, 0.4) is 0 Å². The van der Waals surface area contributed by atoms with Gasteiger partial charge in [-0.1, -0.05) is 6.07 Å². The second-order valence-corrected chi connectivity index (χ2v) is 10.7.